The average molecular weight is 171 g/mol. The second-order valence-electron chi connectivity index (χ2n) is 4.16. The highest BCUT2D eigenvalue weighted by atomic mass is 16.5. The Balaban J connectivity index is 2.40. The van der Waals surface area contributed by atoms with Crippen molar-refractivity contribution >= 4 is 0 Å². The van der Waals surface area contributed by atoms with Gasteiger partial charge in [-0.1, -0.05) is 13.8 Å². The lowest BCUT2D eigenvalue weighted by molar-refractivity contribution is -0.0378. The van der Waals surface area contributed by atoms with Crippen LogP contribution < -0.4 is 0 Å². The second-order valence-corrected chi connectivity index (χ2v) is 4.16. The van der Waals surface area contributed by atoms with Crippen molar-refractivity contribution in [3.05, 3.63) is 0 Å². The van der Waals surface area contributed by atoms with E-state index in [0.29, 0.717) is 12.1 Å². The van der Waals surface area contributed by atoms with E-state index in [0.717, 1.165) is 25.6 Å². The van der Waals surface area contributed by atoms with Gasteiger partial charge in [0.25, 0.3) is 0 Å². The van der Waals surface area contributed by atoms with Gasteiger partial charge in [-0.15, -0.1) is 0 Å². The van der Waals surface area contributed by atoms with Crippen molar-refractivity contribution in [3.63, 3.8) is 0 Å². The molecule has 2 heteroatoms. The normalized spacial score (nSPS) is 29.2. The summed E-state index contributed by atoms with van der Waals surface area (Å²) in [7, 11) is 0. The van der Waals surface area contributed by atoms with Crippen molar-refractivity contribution in [2.24, 2.45) is 5.92 Å². The summed E-state index contributed by atoms with van der Waals surface area (Å²) < 4.78 is 5.50. The number of morpholine rings is 1. The zero-order valence-electron chi connectivity index (χ0n) is 8.71. The Morgan fingerprint density at radius 1 is 1.33 bits per heavy atom. The van der Waals surface area contributed by atoms with Crippen LogP contribution in [0.5, 0.6) is 0 Å². The van der Waals surface area contributed by atoms with Gasteiger partial charge < -0.3 is 4.74 Å². The molecule has 0 aliphatic carbocycles. The maximum Gasteiger partial charge on any atom is 0.0674 e. The average Bonchev–Trinajstić information content (AvgIpc) is 2.03. The lowest BCUT2D eigenvalue weighted by Gasteiger charge is -2.37. The summed E-state index contributed by atoms with van der Waals surface area (Å²) >= 11 is 0. The third-order valence-electron chi connectivity index (χ3n) is 2.81. The molecule has 0 aromatic rings. The zero-order chi connectivity index (χ0) is 9.14. The number of hydrogen-bond acceptors (Lipinski definition) is 2. The van der Waals surface area contributed by atoms with Crippen molar-refractivity contribution < 1.29 is 4.74 Å². The third-order valence-corrected chi connectivity index (χ3v) is 2.81. The van der Waals surface area contributed by atoms with Crippen LogP contribution in [0.4, 0.5) is 0 Å². The van der Waals surface area contributed by atoms with Crippen LogP contribution >= 0.6 is 0 Å². The van der Waals surface area contributed by atoms with E-state index in [2.05, 4.69) is 32.6 Å². The van der Waals surface area contributed by atoms with Crippen LogP contribution in [0.25, 0.3) is 0 Å². The van der Waals surface area contributed by atoms with Crippen LogP contribution in [-0.2, 0) is 4.74 Å². The van der Waals surface area contributed by atoms with E-state index in [1.165, 1.54) is 0 Å². The van der Waals surface area contributed by atoms with Gasteiger partial charge in [0, 0.05) is 19.1 Å². The Labute approximate surface area is 75.9 Å². The molecular formula is C10H21NO. The Bertz CT molecular complexity index is 136. The van der Waals surface area contributed by atoms with E-state index >= 15 is 0 Å². The van der Waals surface area contributed by atoms with Crippen molar-refractivity contribution in [3.8, 4) is 0 Å². The van der Waals surface area contributed by atoms with E-state index < -0.39 is 0 Å². The molecule has 1 saturated heterocycles. The summed E-state index contributed by atoms with van der Waals surface area (Å²) in [5.74, 6) is 0.746. The highest BCUT2D eigenvalue weighted by Crippen LogP contribution is 2.14. The van der Waals surface area contributed by atoms with Gasteiger partial charge in [-0.25, -0.2) is 0 Å². The van der Waals surface area contributed by atoms with E-state index in [9.17, 15) is 0 Å². The molecular weight excluding hydrogens is 150 g/mol. The van der Waals surface area contributed by atoms with Crippen LogP contribution in [-0.4, -0.2) is 36.7 Å². The quantitative estimate of drug-likeness (QED) is 0.627. The van der Waals surface area contributed by atoms with Gasteiger partial charge in [-0.05, 0) is 19.8 Å². The summed E-state index contributed by atoms with van der Waals surface area (Å²) in [6.07, 6.45) is 0.417. The molecule has 72 valence electrons. The third kappa shape index (κ3) is 2.46. The Hall–Kier alpha value is -0.0800. The molecule has 0 spiro atoms. The van der Waals surface area contributed by atoms with Gasteiger partial charge in [0.15, 0.2) is 0 Å². The molecule has 1 rings (SSSR count). The lowest BCUT2D eigenvalue weighted by Crippen LogP contribution is -2.47. The predicted octanol–water partition coefficient (Wildman–Crippen LogP) is 1.75. The first-order chi connectivity index (χ1) is 5.61. The second kappa shape index (κ2) is 4.24. The molecule has 1 aliphatic heterocycles. The van der Waals surface area contributed by atoms with Gasteiger partial charge in [0.2, 0.25) is 0 Å². The first-order valence-electron chi connectivity index (χ1n) is 4.97. The largest absolute Gasteiger partial charge is 0.376 e. The highest BCUT2D eigenvalue weighted by Gasteiger charge is 2.22. The van der Waals surface area contributed by atoms with Crippen molar-refractivity contribution in [2.45, 2.75) is 39.8 Å². The van der Waals surface area contributed by atoms with Crippen LogP contribution in [0.15, 0.2) is 0 Å². The van der Waals surface area contributed by atoms with Gasteiger partial charge in [0.1, 0.15) is 0 Å². The summed E-state index contributed by atoms with van der Waals surface area (Å²) in [5.41, 5.74) is 0. The van der Waals surface area contributed by atoms with E-state index in [-0.39, 0.29) is 0 Å². The first kappa shape index (κ1) is 10.0. The van der Waals surface area contributed by atoms with Crippen LogP contribution in [0.3, 0.4) is 0 Å². The van der Waals surface area contributed by atoms with Gasteiger partial charge >= 0.3 is 0 Å². The summed E-state index contributed by atoms with van der Waals surface area (Å²) in [4.78, 5) is 2.53. The Morgan fingerprint density at radius 2 is 2.00 bits per heavy atom. The summed E-state index contributed by atoms with van der Waals surface area (Å²) in [6.45, 7) is 12.1. The van der Waals surface area contributed by atoms with E-state index in [1.54, 1.807) is 0 Å². The molecule has 0 aromatic carbocycles. The molecule has 1 aliphatic rings. The number of ether oxygens (including phenoxy) is 1. The molecule has 2 atom stereocenters. The van der Waals surface area contributed by atoms with Crippen LogP contribution in [0, 0.1) is 5.92 Å². The summed E-state index contributed by atoms with van der Waals surface area (Å²) in [6, 6.07) is 0.691. The minimum Gasteiger partial charge on any atom is -0.376 e. The van der Waals surface area contributed by atoms with Gasteiger partial charge in [-0.3, -0.25) is 4.90 Å². The van der Waals surface area contributed by atoms with Gasteiger partial charge in [-0.2, -0.15) is 0 Å². The number of rotatable bonds is 2. The minimum absolute atomic E-state index is 0.417. The topological polar surface area (TPSA) is 12.5 Å². The highest BCUT2D eigenvalue weighted by molar-refractivity contribution is 4.75. The van der Waals surface area contributed by atoms with Gasteiger partial charge in [0.05, 0.1) is 12.7 Å². The zero-order valence-corrected chi connectivity index (χ0v) is 8.71. The van der Waals surface area contributed by atoms with Crippen molar-refractivity contribution in [1.29, 1.82) is 0 Å². The SMILES string of the molecule is CC(C)C(C)N1CCO[C@@H](C)C1. The number of nitrogens with zero attached hydrogens (tertiary/aromatic N) is 1. The molecule has 2 nitrogen and oxygen atoms in total. The molecule has 1 fully saturated rings. The smallest absolute Gasteiger partial charge is 0.0674 e. The minimum atomic E-state index is 0.417. The number of hydrogen-bond donors (Lipinski definition) is 0. The molecule has 12 heavy (non-hydrogen) atoms. The van der Waals surface area contributed by atoms with Crippen molar-refractivity contribution in [1.82, 2.24) is 4.90 Å². The fraction of sp³-hybridized carbons (Fsp3) is 1.00. The Morgan fingerprint density at radius 3 is 2.50 bits per heavy atom. The fourth-order valence-electron chi connectivity index (χ4n) is 1.64. The van der Waals surface area contributed by atoms with Crippen molar-refractivity contribution in [2.75, 3.05) is 19.7 Å². The summed E-state index contributed by atoms with van der Waals surface area (Å²) in [5, 5.41) is 0. The monoisotopic (exact) mass is 171 g/mol. The molecule has 0 radical (unpaired) electrons. The molecule has 0 saturated carbocycles. The van der Waals surface area contributed by atoms with Crippen LogP contribution in [0.1, 0.15) is 27.7 Å². The predicted molar refractivity (Wildman–Crippen MR) is 51.3 cm³/mol. The fourth-order valence-corrected chi connectivity index (χ4v) is 1.64. The van der Waals surface area contributed by atoms with E-state index in [1.807, 2.05) is 0 Å². The Kier molecular flexibility index (Phi) is 3.53. The first-order valence-corrected chi connectivity index (χ1v) is 4.97. The standard InChI is InChI=1S/C10H21NO/c1-8(2)10(4)11-5-6-12-9(3)7-11/h8-10H,5-7H2,1-4H3/t9-,10?/m0/s1. The van der Waals surface area contributed by atoms with Crippen LogP contribution in [0.2, 0.25) is 0 Å². The maximum atomic E-state index is 5.50. The molecule has 0 aromatic heterocycles. The van der Waals surface area contributed by atoms with E-state index in [4.69, 9.17) is 4.74 Å². The molecule has 0 N–H and O–H groups in total. The maximum absolute atomic E-state index is 5.50. The lowest BCUT2D eigenvalue weighted by atomic mass is 10.0. The molecule has 1 heterocycles. The molecule has 1 unspecified atom stereocenters. The molecule has 0 amide bonds. The molecule has 0 bridgehead atoms.